The minimum atomic E-state index is -0.497. The van der Waals surface area contributed by atoms with E-state index in [1.165, 1.54) is 0 Å². The molecule has 6 rings (SSSR count). The van der Waals surface area contributed by atoms with Gasteiger partial charge in [0, 0.05) is 40.8 Å². The Hall–Kier alpha value is -4.44. The third-order valence-electron chi connectivity index (χ3n) is 6.90. The van der Waals surface area contributed by atoms with E-state index < -0.39 is 11.8 Å². The van der Waals surface area contributed by atoms with Crippen LogP contribution in [0.4, 0.5) is 0 Å². The van der Waals surface area contributed by atoms with Gasteiger partial charge >= 0.3 is 0 Å². The average molecular weight is 808 g/mol. The van der Waals surface area contributed by atoms with Crippen molar-refractivity contribution < 1.29 is 66.7 Å². The molecule has 0 radical (unpaired) electrons. The quantitative estimate of drug-likeness (QED) is 0.0816. The Kier molecular flexibility index (Phi) is 10.6. The van der Waals surface area contributed by atoms with Gasteiger partial charge in [0.25, 0.3) is 11.8 Å². The van der Waals surface area contributed by atoms with Gasteiger partial charge in [-0.3, -0.25) is 9.59 Å². The first-order valence-corrected chi connectivity index (χ1v) is 13.2. The predicted molar refractivity (Wildman–Crippen MR) is 160 cm³/mol. The van der Waals surface area contributed by atoms with E-state index in [0.717, 1.165) is 32.9 Å². The topological polar surface area (TPSA) is 116 Å². The number of amides is 2. The normalized spacial score (nSPS) is 11.0. The fourth-order valence-corrected chi connectivity index (χ4v) is 4.69. The third kappa shape index (κ3) is 6.86. The lowest BCUT2D eigenvalue weighted by atomic mass is 10.1. The van der Waals surface area contributed by atoms with Crippen LogP contribution in [0.15, 0.2) is 108 Å². The molecule has 0 aliphatic carbocycles. The van der Waals surface area contributed by atoms with E-state index in [-0.39, 0.29) is 65.0 Å². The highest BCUT2D eigenvalue weighted by Gasteiger charge is 2.13. The molecular formula is C32H26I2N8O2. The molecule has 2 amide bonds. The van der Waals surface area contributed by atoms with Crippen LogP contribution in [0.1, 0.15) is 32.1 Å². The molecule has 0 atom stereocenters. The number of halogens is 2. The van der Waals surface area contributed by atoms with Crippen molar-refractivity contribution in [3.63, 3.8) is 0 Å². The van der Waals surface area contributed by atoms with Crippen molar-refractivity contribution in [1.29, 1.82) is 0 Å². The Morgan fingerprint density at radius 2 is 1.07 bits per heavy atom. The summed E-state index contributed by atoms with van der Waals surface area (Å²) in [6.45, 7) is 0. The van der Waals surface area contributed by atoms with Gasteiger partial charge < -0.3 is 48.0 Å². The lowest BCUT2D eigenvalue weighted by Crippen LogP contribution is -3.00. The van der Waals surface area contributed by atoms with Crippen LogP contribution in [-0.4, -0.2) is 34.2 Å². The van der Waals surface area contributed by atoms with Gasteiger partial charge in [0.05, 0.1) is 23.2 Å². The second-order valence-corrected chi connectivity index (χ2v) is 9.64. The Balaban J connectivity index is 0.00000221. The van der Waals surface area contributed by atoms with Crippen molar-refractivity contribution in [3.05, 3.63) is 120 Å². The summed E-state index contributed by atoms with van der Waals surface area (Å²) in [5.41, 5.74) is 9.36. The molecule has 0 saturated carbocycles. The van der Waals surface area contributed by atoms with Crippen LogP contribution >= 0.6 is 0 Å². The molecule has 4 heterocycles. The van der Waals surface area contributed by atoms with Gasteiger partial charge in [0.15, 0.2) is 18.0 Å². The Morgan fingerprint density at radius 1 is 0.636 bits per heavy atom. The molecule has 0 fully saturated rings. The van der Waals surface area contributed by atoms with Crippen LogP contribution in [0.5, 0.6) is 0 Å². The maximum Gasteiger partial charge on any atom is 0.290 e. The molecule has 0 unspecified atom stereocenters. The number of hydrazone groups is 2. The maximum atomic E-state index is 12.8. The summed E-state index contributed by atoms with van der Waals surface area (Å²) in [5.74, 6) is -0.993. The number of carbonyl (C=O) groups is 2. The van der Waals surface area contributed by atoms with Gasteiger partial charge in [-0.15, -0.1) is 0 Å². The minimum absolute atomic E-state index is 0. The lowest BCUT2D eigenvalue weighted by molar-refractivity contribution is -0.645. The number of aryl methyl sites for hydroxylation is 2. The summed E-state index contributed by atoms with van der Waals surface area (Å²) in [5, 5.41) is 11.0. The SMILES string of the molecule is C[n+]1ccc(C=NNC(=O)c2ccc3ccc(C(=O)NN=Cc4cc[n+](C)c5ccccc45)nc3n2)c2ccccc21.[I-].[I-]. The summed E-state index contributed by atoms with van der Waals surface area (Å²) in [4.78, 5) is 34.3. The number of aromatic nitrogens is 4. The van der Waals surface area contributed by atoms with E-state index in [9.17, 15) is 9.59 Å². The zero-order valence-corrected chi connectivity index (χ0v) is 28.0. The van der Waals surface area contributed by atoms with Crippen LogP contribution in [0.2, 0.25) is 0 Å². The summed E-state index contributed by atoms with van der Waals surface area (Å²) in [6, 6.07) is 26.3. The van der Waals surface area contributed by atoms with Crippen molar-refractivity contribution in [2.45, 2.75) is 0 Å². The summed E-state index contributed by atoms with van der Waals surface area (Å²) < 4.78 is 4.03. The maximum absolute atomic E-state index is 12.8. The number of pyridine rings is 4. The second kappa shape index (κ2) is 14.4. The zero-order chi connectivity index (χ0) is 29.1. The molecule has 6 aromatic rings. The number of fused-ring (bicyclic) bond motifs is 3. The van der Waals surface area contributed by atoms with Gasteiger partial charge in [0.2, 0.25) is 11.0 Å². The zero-order valence-electron chi connectivity index (χ0n) is 23.6. The molecule has 220 valence electrons. The number of rotatable bonds is 6. The molecule has 4 aromatic heterocycles. The van der Waals surface area contributed by atoms with E-state index in [0.29, 0.717) is 5.39 Å². The standard InChI is InChI=1S/C32H24N8O2.2HI/c1-39-17-15-22(24-7-3-5-9-28(24)39)19-33-37-31(41)26-13-11-21-12-14-27(36-30(21)35-26)32(42)38-34-20-23-16-18-40(2)29-10-6-4-8-25(23)29;;/h3-20H,1-2H3;2*1H. The summed E-state index contributed by atoms with van der Waals surface area (Å²) >= 11 is 0. The number of benzene rings is 2. The molecular weight excluding hydrogens is 782 g/mol. The molecule has 0 aliphatic rings. The third-order valence-corrected chi connectivity index (χ3v) is 6.90. The molecule has 12 heteroatoms. The molecule has 2 aromatic carbocycles. The number of hydrogen-bond acceptors (Lipinski definition) is 6. The largest absolute Gasteiger partial charge is 1.00 e. The Morgan fingerprint density at radius 3 is 1.52 bits per heavy atom. The highest BCUT2D eigenvalue weighted by atomic mass is 127. The van der Waals surface area contributed by atoms with Crippen LogP contribution < -0.4 is 67.9 Å². The average Bonchev–Trinajstić information content (AvgIpc) is 3.03. The smallest absolute Gasteiger partial charge is 0.290 e. The van der Waals surface area contributed by atoms with E-state index in [1.54, 1.807) is 36.7 Å². The number of hydrogen-bond donors (Lipinski definition) is 2. The van der Waals surface area contributed by atoms with Gasteiger partial charge in [-0.05, 0) is 36.4 Å². The van der Waals surface area contributed by atoms with Gasteiger partial charge in [-0.1, -0.05) is 24.3 Å². The van der Waals surface area contributed by atoms with Crippen molar-refractivity contribution in [1.82, 2.24) is 20.8 Å². The number of nitrogens with zero attached hydrogens (tertiary/aromatic N) is 6. The van der Waals surface area contributed by atoms with E-state index in [1.807, 2.05) is 96.3 Å². The molecule has 10 nitrogen and oxygen atoms in total. The second-order valence-electron chi connectivity index (χ2n) is 9.64. The van der Waals surface area contributed by atoms with E-state index in [4.69, 9.17) is 0 Å². The van der Waals surface area contributed by atoms with Crippen LogP contribution in [0.3, 0.4) is 0 Å². The van der Waals surface area contributed by atoms with Gasteiger partial charge in [0.1, 0.15) is 25.5 Å². The first kappa shape index (κ1) is 32.5. The number of para-hydroxylation sites is 2. The molecule has 0 spiro atoms. The fourth-order valence-electron chi connectivity index (χ4n) is 4.69. The van der Waals surface area contributed by atoms with Gasteiger partial charge in [-0.25, -0.2) is 30.0 Å². The molecule has 2 N–H and O–H groups in total. The molecule has 0 saturated heterocycles. The van der Waals surface area contributed by atoms with Gasteiger partial charge in [-0.2, -0.15) is 10.2 Å². The van der Waals surface area contributed by atoms with Crippen molar-refractivity contribution in [3.8, 4) is 0 Å². The van der Waals surface area contributed by atoms with Crippen molar-refractivity contribution in [2.24, 2.45) is 24.3 Å². The van der Waals surface area contributed by atoms with Crippen LogP contribution in [-0.2, 0) is 14.1 Å². The fraction of sp³-hybridized carbons (Fsp3) is 0.0625. The predicted octanol–water partition coefficient (Wildman–Crippen LogP) is -2.88. The number of nitrogens with one attached hydrogen (secondary N) is 2. The highest BCUT2D eigenvalue weighted by molar-refractivity contribution is 6.00. The first-order valence-electron chi connectivity index (χ1n) is 13.2. The highest BCUT2D eigenvalue weighted by Crippen LogP contribution is 2.15. The van der Waals surface area contributed by atoms with Crippen LogP contribution in [0.25, 0.3) is 32.8 Å². The number of carbonyl (C=O) groups excluding carboxylic acids is 2. The van der Waals surface area contributed by atoms with Crippen LogP contribution in [0, 0.1) is 0 Å². The van der Waals surface area contributed by atoms with Crippen molar-refractivity contribution in [2.75, 3.05) is 0 Å². The molecule has 44 heavy (non-hydrogen) atoms. The Bertz CT molecular complexity index is 1940. The minimum Gasteiger partial charge on any atom is -1.00 e. The van der Waals surface area contributed by atoms with Crippen molar-refractivity contribution >= 4 is 57.1 Å². The molecule has 0 aliphatic heterocycles. The molecule has 0 bridgehead atoms. The van der Waals surface area contributed by atoms with E-state index in [2.05, 4.69) is 31.0 Å². The Labute approximate surface area is 287 Å². The summed E-state index contributed by atoms with van der Waals surface area (Å²) in [6.07, 6.45) is 7.07. The lowest BCUT2D eigenvalue weighted by Gasteiger charge is -2.04. The first-order chi connectivity index (χ1) is 20.5. The van der Waals surface area contributed by atoms with E-state index >= 15 is 0 Å². The summed E-state index contributed by atoms with van der Waals surface area (Å²) in [7, 11) is 3.94. The monoisotopic (exact) mass is 808 g/mol.